The number of rotatable bonds is 6. The topological polar surface area (TPSA) is 58.2 Å². The number of carbonyl (C=O) groups excluding carboxylic acids is 2. The summed E-state index contributed by atoms with van der Waals surface area (Å²) >= 11 is 3.37. The first-order valence-corrected chi connectivity index (χ1v) is 8.31. The molecule has 2 aromatic rings. The lowest BCUT2D eigenvalue weighted by Crippen LogP contribution is -2.41. The van der Waals surface area contributed by atoms with E-state index in [0.717, 1.165) is 10.0 Å². The quantitative estimate of drug-likeness (QED) is 0.793. The zero-order valence-electron chi connectivity index (χ0n) is 13.2. The Morgan fingerprint density at radius 2 is 1.79 bits per heavy atom. The molecule has 0 heterocycles. The minimum atomic E-state index is -0.612. The number of carbonyl (C=O) groups is 2. The summed E-state index contributed by atoms with van der Waals surface area (Å²) in [5.74, 6) is -1.54. The van der Waals surface area contributed by atoms with E-state index in [1.165, 1.54) is 18.2 Å². The first kappa shape index (κ1) is 18.1. The molecule has 2 N–H and O–H groups in total. The van der Waals surface area contributed by atoms with Gasteiger partial charge in [0.2, 0.25) is 5.91 Å². The summed E-state index contributed by atoms with van der Waals surface area (Å²) in [5, 5.41) is 5.22. The monoisotopic (exact) mass is 392 g/mol. The van der Waals surface area contributed by atoms with Gasteiger partial charge < -0.3 is 10.6 Å². The number of amides is 2. The van der Waals surface area contributed by atoms with Gasteiger partial charge in [-0.05, 0) is 43.2 Å². The minimum absolute atomic E-state index is 0.0757. The van der Waals surface area contributed by atoms with Crippen LogP contribution >= 0.6 is 15.9 Å². The summed E-state index contributed by atoms with van der Waals surface area (Å²) in [7, 11) is 0. The van der Waals surface area contributed by atoms with Gasteiger partial charge in [-0.2, -0.15) is 0 Å². The normalized spacial score (nSPS) is 11.6. The van der Waals surface area contributed by atoms with Crippen LogP contribution in [0.3, 0.4) is 0 Å². The molecule has 2 amide bonds. The predicted molar refractivity (Wildman–Crippen MR) is 94.2 cm³/mol. The molecule has 1 atom stereocenters. The van der Waals surface area contributed by atoms with Crippen LogP contribution in [-0.2, 0) is 11.2 Å². The highest BCUT2D eigenvalue weighted by molar-refractivity contribution is 9.10. The summed E-state index contributed by atoms with van der Waals surface area (Å²) < 4.78 is 14.5. The van der Waals surface area contributed by atoms with Crippen LogP contribution in [0.4, 0.5) is 4.39 Å². The maximum atomic E-state index is 13.5. The van der Waals surface area contributed by atoms with E-state index in [-0.39, 0.29) is 24.1 Å². The van der Waals surface area contributed by atoms with Crippen molar-refractivity contribution in [2.45, 2.75) is 19.4 Å². The van der Waals surface area contributed by atoms with Gasteiger partial charge in [-0.3, -0.25) is 9.59 Å². The third-order valence-electron chi connectivity index (χ3n) is 3.39. The van der Waals surface area contributed by atoms with Gasteiger partial charge in [-0.15, -0.1) is 0 Å². The summed E-state index contributed by atoms with van der Waals surface area (Å²) in [6, 6.07) is 13.4. The fourth-order valence-electron chi connectivity index (χ4n) is 2.25. The summed E-state index contributed by atoms with van der Waals surface area (Å²) in [5.41, 5.74) is 1.02. The minimum Gasteiger partial charge on any atom is -0.352 e. The maximum Gasteiger partial charge on any atom is 0.254 e. The summed E-state index contributed by atoms with van der Waals surface area (Å²) in [4.78, 5) is 23.7. The van der Waals surface area contributed by atoms with Gasteiger partial charge in [-0.1, -0.05) is 40.2 Å². The van der Waals surface area contributed by atoms with E-state index in [1.807, 2.05) is 31.2 Å². The molecule has 2 rings (SSSR count). The Bertz CT molecular complexity index is 719. The summed E-state index contributed by atoms with van der Waals surface area (Å²) in [6.45, 7) is 1.69. The van der Waals surface area contributed by atoms with E-state index in [1.54, 1.807) is 6.07 Å². The van der Waals surface area contributed by atoms with Crippen LogP contribution in [0.2, 0.25) is 0 Å². The maximum absolute atomic E-state index is 13.5. The Labute approximate surface area is 148 Å². The Kier molecular flexibility index (Phi) is 6.49. The second kappa shape index (κ2) is 8.59. The molecule has 0 aromatic heterocycles. The van der Waals surface area contributed by atoms with Crippen molar-refractivity contribution in [2.24, 2.45) is 0 Å². The first-order chi connectivity index (χ1) is 11.5. The van der Waals surface area contributed by atoms with Crippen LogP contribution in [0.1, 0.15) is 22.8 Å². The first-order valence-electron chi connectivity index (χ1n) is 7.52. The summed E-state index contributed by atoms with van der Waals surface area (Å²) in [6.07, 6.45) is 0.681. The average molecular weight is 393 g/mol. The Balaban J connectivity index is 1.79. The van der Waals surface area contributed by atoms with Crippen molar-refractivity contribution in [1.82, 2.24) is 10.6 Å². The number of nitrogens with one attached hydrogen (secondary N) is 2. The zero-order valence-corrected chi connectivity index (χ0v) is 14.8. The van der Waals surface area contributed by atoms with E-state index in [2.05, 4.69) is 26.6 Å². The Hall–Kier alpha value is -2.21. The molecule has 0 spiro atoms. The van der Waals surface area contributed by atoms with Gasteiger partial charge in [0.15, 0.2) is 0 Å². The second-order valence-corrected chi connectivity index (χ2v) is 6.38. The molecule has 0 aliphatic carbocycles. The molecule has 0 bridgehead atoms. The van der Waals surface area contributed by atoms with Crippen LogP contribution < -0.4 is 10.6 Å². The highest BCUT2D eigenvalue weighted by Gasteiger charge is 2.13. The predicted octanol–water partition coefficient (Wildman–Crippen LogP) is 3.07. The number of hydrogen-bond donors (Lipinski definition) is 2. The number of hydrogen-bond acceptors (Lipinski definition) is 2. The largest absolute Gasteiger partial charge is 0.352 e. The van der Waals surface area contributed by atoms with Crippen LogP contribution in [0.5, 0.6) is 0 Å². The molecule has 0 fully saturated rings. The van der Waals surface area contributed by atoms with Gasteiger partial charge in [0.05, 0.1) is 12.1 Å². The van der Waals surface area contributed by atoms with E-state index >= 15 is 0 Å². The van der Waals surface area contributed by atoms with E-state index < -0.39 is 11.7 Å². The molecule has 6 heteroatoms. The molecule has 1 unspecified atom stereocenters. The van der Waals surface area contributed by atoms with Crippen LogP contribution in [-0.4, -0.2) is 24.4 Å². The highest BCUT2D eigenvalue weighted by atomic mass is 79.9. The molecule has 24 heavy (non-hydrogen) atoms. The third kappa shape index (κ3) is 5.45. The van der Waals surface area contributed by atoms with Crippen molar-refractivity contribution in [3.8, 4) is 0 Å². The van der Waals surface area contributed by atoms with E-state index in [9.17, 15) is 14.0 Å². The van der Waals surface area contributed by atoms with Crippen molar-refractivity contribution in [1.29, 1.82) is 0 Å². The van der Waals surface area contributed by atoms with Gasteiger partial charge in [-0.25, -0.2) is 4.39 Å². The van der Waals surface area contributed by atoms with Crippen LogP contribution in [0.25, 0.3) is 0 Å². The van der Waals surface area contributed by atoms with Gasteiger partial charge in [0.1, 0.15) is 5.82 Å². The van der Waals surface area contributed by atoms with Crippen LogP contribution in [0, 0.1) is 5.82 Å². The van der Waals surface area contributed by atoms with Crippen molar-refractivity contribution in [3.05, 3.63) is 69.9 Å². The number of halogens is 2. The molecule has 0 radical (unpaired) electrons. The lowest BCUT2D eigenvalue weighted by Gasteiger charge is -2.14. The molecular formula is C18H18BrFN2O2. The molecular weight excluding hydrogens is 375 g/mol. The van der Waals surface area contributed by atoms with Crippen LogP contribution in [0.15, 0.2) is 53.0 Å². The SMILES string of the molecule is CC(Cc1ccc(Br)cc1)NC(=O)CNC(=O)c1ccccc1F. The van der Waals surface area contributed by atoms with Crippen molar-refractivity contribution in [3.63, 3.8) is 0 Å². The van der Waals surface area contributed by atoms with Gasteiger partial charge in [0.25, 0.3) is 5.91 Å². The molecule has 4 nitrogen and oxygen atoms in total. The molecule has 2 aromatic carbocycles. The molecule has 0 saturated heterocycles. The van der Waals surface area contributed by atoms with Crippen molar-refractivity contribution >= 4 is 27.7 Å². The van der Waals surface area contributed by atoms with E-state index in [0.29, 0.717) is 6.42 Å². The lowest BCUT2D eigenvalue weighted by atomic mass is 10.1. The molecule has 0 saturated carbocycles. The smallest absolute Gasteiger partial charge is 0.254 e. The highest BCUT2D eigenvalue weighted by Crippen LogP contribution is 2.11. The average Bonchev–Trinajstić information content (AvgIpc) is 2.55. The van der Waals surface area contributed by atoms with Gasteiger partial charge in [0, 0.05) is 10.5 Å². The fourth-order valence-corrected chi connectivity index (χ4v) is 2.52. The zero-order chi connectivity index (χ0) is 17.5. The lowest BCUT2D eigenvalue weighted by molar-refractivity contribution is -0.120. The van der Waals surface area contributed by atoms with Crippen molar-refractivity contribution < 1.29 is 14.0 Å². The third-order valence-corrected chi connectivity index (χ3v) is 3.92. The molecule has 126 valence electrons. The second-order valence-electron chi connectivity index (χ2n) is 5.46. The van der Waals surface area contributed by atoms with Gasteiger partial charge >= 0.3 is 0 Å². The van der Waals surface area contributed by atoms with Crippen molar-refractivity contribution in [2.75, 3.05) is 6.54 Å². The number of benzene rings is 2. The standard InChI is InChI=1S/C18H18BrFN2O2/c1-12(10-13-6-8-14(19)9-7-13)22-17(23)11-21-18(24)15-4-2-3-5-16(15)20/h2-9,12H,10-11H2,1H3,(H,21,24)(H,22,23). The van der Waals surface area contributed by atoms with E-state index in [4.69, 9.17) is 0 Å². The fraction of sp³-hybridized carbons (Fsp3) is 0.222. The molecule has 0 aliphatic rings. The Morgan fingerprint density at radius 1 is 1.12 bits per heavy atom. The Morgan fingerprint density at radius 3 is 2.46 bits per heavy atom. The molecule has 0 aliphatic heterocycles.